The van der Waals surface area contributed by atoms with Gasteiger partial charge in [0.25, 0.3) is 0 Å². The van der Waals surface area contributed by atoms with Crippen LogP contribution in [0, 0.1) is 12.8 Å². The molecule has 0 aliphatic rings. The van der Waals surface area contributed by atoms with Crippen LogP contribution in [0.15, 0.2) is 11.4 Å². The third-order valence-corrected chi connectivity index (χ3v) is 4.41. The van der Waals surface area contributed by atoms with Crippen molar-refractivity contribution in [3.63, 3.8) is 0 Å². The van der Waals surface area contributed by atoms with Gasteiger partial charge in [0, 0.05) is 10.9 Å². The Morgan fingerprint density at radius 2 is 2.06 bits per heavy atom. The van der Waals surface area contributed by atoms with Crippen molar-refractivity contribution in [1.29, 1.82) is 0 Å². The molecule has 0 fully saturated rings. The molecule has 1 heterocycles. The van der Waals surface area contributed by atoms with Crippen molar-refractivity contribution in [3.05, 3.63) is 21.9 Å². The van der Waals surface area contributed by atoms with E-state index in [-0.39, 0.29) is 0 Å². The van der Waals surface area contributed by atoms with Crippen LogP contribution >= 0.6 is 11.3 Å². The lowest BCUT2D eigenvalue weighted by Gasteiger charge is -2.22. The zero-order chi connectivity index (χ0) is 12.7. The van der Waals surface area contributed by atoms with Gasteiger partial charge in [-0.1, -0.05) is 33.6 Å². The summed E-state index contributed by atoms with van der Waals surface area (Å²) in [4.78, 5) is 1.54. The van der Waals surface area contributed by atoms with Crippen LogP contribution in [-0.4, -0.2) is 6.54 Å². The van der Waals surface area contributed by atoms with E-state index in [4.69, 9.17) is 0 Å². The van der Waals surface area contributed by atoms with E-state index < -0.39 is 0 Å². The molecule has 0 saturated carbocycles. The van der Waals surface area contributed by atoms with Gasteiger partial charge in [0.2, 0.25) is 0 Å². The van der Waals surface area contributed by atoms with Crippen molar-refractivity contribution in [1.82, 2.24) is 5.32 Å². The minimum atomic E-state index is 0.566. The van der Waals surface area contributed by atoms with Gasteiger partial charge in [-0.15, -0.1) is 11.3 Å². The predicted molar refractivity (Wildman–Crippen MR) is 78.8 cm³/mol. The Morgan fingerprint density at radius 3 is 2.59 bits per heavy atom. The zero-order valence-corrected chi connectivity index (χ0v) is 12.6. The molecule has 0 aromatic carbocycles. The second-order valence-corrected chi connectivity index (χ2v) is 6.05. The Morgan fingerprint density at radius 1 is 1.29 bits per heavy atom. The summed E-state index contributed by atoms with van der Waals surface area (Å²) in [6.45, 7) is 10.3. The Balaban J connectivity index is 2.63. The van der Waals surface area contributed by atoms with Crippen molar-refractivity contribution in [3.8, 4) is 0 Å². The van der Waals surface area contributed by atoms with Gasteiger partial charge in [0.1, 0.15) is 0 Å². The molecular weight excluding hydrogens is 226 g/mol. The smallest absolute Gasteiger partial charge is 0.0420 e. The molecule has 0 aliphatic heterocycles. The van der Waals surface area contributed by atoms with Crippen LogP contribution in [-0.2, 0) is 0 Å². The first-order chi connectivity index (χ1) is 8.19. The van der Waals surface area contributed by atoms with Crippen LogP contribution in [0.4, 0.5) is 0 Å². The molecule has 98 valence electrons. The fourth-order valence-corrected chi connectivity index (χ4v) is 3.37. The van der Waals surface area contributed by atoms with Gasteiger partial charge in [0.05, 0.1) is 0 Å². The maximum absolute atomic E-state index is 3.71. The summed E-state index contributed by atoms with van der Waals surface area (Å²) in [7, 11) is 0. The summed E-state index contributed by atoms with van der Waals surface area (Å²) >= 11 is 1.91. The predicted octanol–water partition coefficient (Wildman–Crippen LogP) is 4.92. The molecule has 1 aromatic heterocycles. The highest BCUT2D eigenvalue weighted by molar-refractivity contribution is 7.10. The third kappa shape index (κ3) is 4.81. The SMILES string of the molecule is CCCNC(CC(C)CCC)c1sccc1C. The van der Waals surface area contributed by atoms with Crippen molar-refractivity contribution in [2.24, 2.45) is 5.92 Å². The molecule has 2 atom stereocenters. The van der Waals surface area contributed by atoms with Crippen LogP contribution in [0.5, 0.6) is 0 Å². The van der Waals surface area contributed by atoms with E-state index in [1.54, 1.807) is 4.88 Å². The van der Waals surface area contributed by atoms with Gasteiger partial charge in [-0.2, -0.15) is 0 Å². The average Bonchev–Trinajstić information content (AvgIpc) is 2.71. The van der Waals surface area contributed by atoms with Crippen molar-refractivity contribution in [2.45, 2.75) is 59.4 Å². The standard InChI is InChI=1S/C15H27NS/c1-5-7-12(3)11-14(16-9-6-2)15-13(4)8-10-17-15/h8,10,12,14,16H,5-7,9,11H2,1-4H3. The first kappa shape index (κ1) is 14.7. The highest BCUT2D eigenvalue weighted by Gasteiger charge is 2.17. The van der Waals surface area contributed by atoms with Crippen LogP contribution in [0.25, 0.3) is 0 Å². The molecule has 0 spiro atoms. The quantitative estimate of drug-likeness (QED) is 0.693. The van der Waals surface area contributed by atoms with E-state index in [1.807, 2.05) is 11.3 Å². The molecule has 0 aliphatic carbocycles. The average molecular weight is 253 g/mol. The first-order valence-electron chi connectivity index (χ1n) is 6.96. The fraction of sp³-hybridized carbons (Fsp3) is 0.733. The lowest BCUT2D eigenvalue weighted by Crippen LogP contribution is -2.23. The fourth-order valence-electron chi connectivity index (χ4n) is 2.36. The van der Waals surface area contributed by atoms with E-state index in [0.29, 0.717) is 6.04 Å². The molecule has 0 amide bonds. The topological polar surface area (TPSA) is 12.0 Å². The van der Waals surface area contributed by atoms with Gasteiger partial charge in [-0.05, 0) is 49.2 Å². The normalized spacial score (nSPS) is 14.8. The number of aryl methyl sites for hydroxylation is 1. The number of hydrogen-bond donors (Lipinski definition) is 1. The summed E-state index contributed by atoms with van der Waals surface area (Å²) in [5, 5.41) is 5.93. The van der Waals surface area contributed by atoms with E-state index >= 15 is 0 Å². The molecule has 2 unspecified atom stereocenters. The minimum absolute atomic E-state index is 0.566. The van der Waals surface area contributed by atoms with Gasteiger partial charge in [-0.3, -0.25) is 0 Å². The second kappa shape index (κ2) is 7.88. The number of hydrogen-bond acceptors (Lipinski definition) is 2. The second-order valence-electron chi connectivity index (χ2n) is 5.10. The number of thiophene rings is 1. The van der Waals surface area contributed by atoms with Crippen LogP contribution in [0.2, 0.25) is 0 Å². The summed E-state index contributed by atoms with van der Waals surface area (Å²) < 4.78 is 0. The highest BCUT2D eigenvalue weighted by Crippen LogP contribution is 2.30. The molecule has 2 heteroatoms. The lowest BCUT2D eigenvalue weighted by atomic mass is 9.95. The van der Waals surface area contributed by atoms with Crippen LogP contribution < -0.4 is 5.32 Å². The van der Waals surface area contributed by atoms with E-state index in [0.717, 1.165) is 12.5 Å². The zero-order valence-electron chi connectivity index (χ0n) is 11.8. The monoisotopic (exact) mass is 253 g/mol. The van der Waals surface area contributed by atoms with Gasteiger partial charge < -0.3 is 5.32 Å². The van der Waals surface area contributed by atoms with Crippen molar-refractivity contribution >= 4 is 11.3 Å². The molecule has 1 N–H and O–H groups in total. The van der Waals surface area contributed by atoms with E-state index in [9.17, 15) is 0 Å². The van der Waals surface area contributed by atoms with Gasteiger partial charge >= 0.3 is 0 Å². The maximum atomic E-state index is 3.71. The maximum Gasteiger partial charge on any atom is 0.0420 e. The summed E-state index contributed by atoms with van der Waals surface area (Å²) in [5.74, 6) is 0.816. The largest absolute Gasteiger partial charge is 0.309 e. The van der Waals surface area contributed by atoms with E-state index in [1.165, 1.54) is 31.2 Å². The Hall–Kier alpha value is -0.340. The molecule has 0 saturated heterocycles. The summed E-state index contributed by atoms with van der Waals surface area (Å²) in [6.07, 6.45) is 5.12. The Kier molecular flexibility index (Phi) is 6.83. The molecule has 1 aromatic rings. The first-order valence-corrected chi connectivity index (χ1v) is 7.84. The molecular formula is C15H27NS. The minimum Gasteiger partial charge on any atom is -0.309 e. The highest BCUT2D eigenvalue weighted by atomic mass is 32.1. The Bertz CT molecular complexity index is 306. The lowest BCUT2D eigenvalue weighted by molar-refractivity contribution is 0.393. The summed E-state index contributed by atoms with van der Waals surface area (Å²) in [5.41, 5.74) is 1.45. The van der Waals surface area contributed by atoms with Gasteiger partial charge in [-0.25, -0.2) is 0 Å². The van der Waals surface area contributed by atoms with E-state index in [2.05, 4.69) is 44.5 Å². The number of rotatable bonds is 8. The molecule has 0 bridgehead atoms. The molecule has 17 heavy (non-hydrogen) atoms. The molecule has 1 nitrogen and oxygen atoms in total. The van der Waals surface area contributed by atoms with Gasteiger partial charge in [0.15, 0.2) is 0 Å². The van der Waals surface area contributed by atoms with Crippen LogP contribution in [0.1, 0.15) is 62.9 Å². The van der Waals surface area contributed by atoms with Crippen molar-refractivity contribution in [2.75, 3.05) is 6.54 Å². The Labute approximate surface area is 111 Å². The molecule has 1 rings (SSSR count). The third-order valence-electron chi connectivity index (χ3n) is 3.28. The van der Waals surface area contributed by atoms with Crippen molar-refractivity contribution < 1.29 is 0 Å². The summed E-state index contributed by atoms with van der Waals surface area (Å²) in [6, 6.07) is 2.81. The van der Waals surface area contributed by atoms with Crippen LogP contribution in [0.3, 0.4) is 0 Å². The molecule has 0 radical (unpaired) electrons. The number of nitrogens with one attached hydrogen (secondary N) is 1.